The maximum Gasteiger partial charge on any atom is 0.239 e. The van der Waals surface area contributed by atoms with Gasteiger partial charge in [-0.3, -0.25) is 0 Å². The fraction of sp³-hybridized carbons (Fsp3) is 0.571. The van der Waals surface area contributed by atoms with Gasteiger partial charge in [-0.25, -0.2) is 4.98 Å². The van der Waals surface area contributed by atoms with Gasteiger partial charge in [0, 0.05) is 17.4 Å². The van der Waals surface area contributed by atoms with Gasteiger partial charge >= 0.3 is 0 Å². The second-order valence-corrected chi connectivity index (χ2v) is 4.37. The zero-order chi connectivity index (χ0) is 6.85. The van der Waals surface area contributed by atoms with Crippen LogP contribution in [0.1, 0.15) is 17.6 Å². The minimum Gasteiger partial charge on any atom is -0.203 e. The lowest BCUT2D eigenvalue weighted by Crippen LogP contribution is -1.69. The minimum absolute atomic E-state index is 0.379. The summed E-state index contributed by atoms with van der Waals surface area (Å²) in [5, 5.41) is 3.56. The Kier molecular flexibility index (Phi) is 1.86. The highest BCUT2D eigenvalue weighted by atomic mass is 32.2. The number of aryl methyl sites for hydroxylation is 3. The van der Waals surface area contributed by atoms with Gasteiger partial charge in [0.25, 0.3) is 0 Å². The SMILES string of the molecule is CC[s+]1cc(C)nc1C. The topological polar surface area (TPSA) is 12.9 Å². The van der Waals surface area contributed by atoms with E-state index in [0.29, 0.717) is 10.5 Å². The van der Waals surface area contributed by atoms with E-state index in [1.807, 2.05) is 0 Å². The molecule has 0 N–H and O–H groups in total. The van der Waals surface area contributed by atoms with Crippen LogP contribution in [-0.2, 0) is 5.75 Å². The summed E-state index contributed by atoms with van der Waals surface area (Å²) in [5.74, 6) is 1.21. The highest BCUT2D eigenvalue weighted by molar-refractivity contribution is 7.29. The van der Waals surface area contributed by atoms with Gasteiger partial charge in [0.15, 0.2) is 5.38 Å². The zero-order valence-electron chi connectivity index (χ0n) is 6.14. The van der Waals surface area contributed by atoms with Crippen molar-refractivity contribution in [3.8, 4) is 0 Å². The molecule has 9 heavy (non-hydrogen) atoms. The fourth-order valence-corrected chi connectivity index (χ4v) is 2.40. The molecule has 50 valence electrons. The molecule has 0 aliphatic carbocycles. The molecule has 1 aromatic rings. The van der Waals surface area contributed by atoms with Crippen molar-refractivity contribution < 1.29 is 0 Å². The fourth-order valence-electron chi connectivity index (χ4n) is 0.917. The van der Waals surface area contributed by atoms with Gasteiger partial charge in [-0.15, -0.1) is 0 Å². The zero-order valence-corrected chi connectivity index (χ0v) is 6.96. The molecule has 0 saturated carbocycles. The van der Waals surface area contributed by atoms with Gasteiger partial charge in [-0.2, -0.15) is 0 Å². The molecule has 0 amide bonds. The molecule has 0 aliphatic rings. The molecule has 0 aliphatic heterocycles. The van der Waals surface area contributed by atoms with Gasteiger partial charge < -0.3 is 0 Å². The quantitative estimate of drug-likeness (QED) is 0.549. The molecule has 1 nitrogen and oxygen atoms in total. The maximum atomic E-state index is 4.33. The summed E-state index contributed by atoms with van der Waals surface area (Å²) < 4.78 is 0. The Morgan fingerprint density at radius 3 is 2.44 bits per heavy atom. The Hall–Kier alpha value is -0.370. The van der Waals surface area contributed by atoms with E-state index in [1.165, 1.54) is 16.5 Å². The molecule has 1 aromatic heterocycles. The van der Waals surface area contributed by atoms with Crippen LogP contribution in [0.4, 0.5) is 0 Å². The lowest BCUT2D eigenvalue weighted by Gasteiger charge is -1.76. The smallest absolute Gasteiger partial charge is 0.203 e. The average Bonchev–Trinajstić information content (AvgIpc) is 2.10. The number of hydrogen-bond acceptors (Lipinski definition) is 1. The number of nitrogens with zero attached hydrogens (tertiary/aromatic N) is 1. The summed E-state index contributed by atoms with van der Waals surface area (Å²) in [6.07, 6.45) is 0. The third-order valence-electron chi connectivity index (χ3n) is 1.34. The van der Waals surface area contributed by atoms with Crippen molar-refractivity contribution in [1.29, 1.82) is 0 Å². The van der Waals surface area contributed by atoms with E-state index >= 15 is 0 Å². The molecular weight excluding hydrogens is 130 g/mol. The van der Waals surface area contributed by atoms with Crippen LogP contribution in [0.25, 0.3) is 0 Å². The van der Waals surface area contributed by atoms with Crippen LogP contribution in [0.2, 0.25) is 0 Å². The molecule has 0 radical (unpaired) electrons. The van der Waals surface area contributed by atoms with E-state index in [9.17, 15) is 0 Å². The number of hydrogen-bond donors (Lipinski definition) is 0. The summed E-state index contributed by atoms with van der Waals surface area (Å²) in [5.41, 5.74) is 1.19. The molecule has 1 rings (SSSR count). The maximum absolute atomic E-state index is 4.33. The van der Waals surface area contributed by atoms with E-state index in [2.05, 4.69) is 31.1 Å². The molecule has 0 fully saturated rings. The van der Waals surface area contributed by atoms with E-state index in [1.54, 1.807) is 0 Å². The lowest BCUT2D eigenvalue weighted by molar-refractivity contribution is 1.20. The van der Waals surface area contributed by atoms with Crippen LogP contribution in [0.15, 0.2) is 5.38 Å². The number of thiazole rings is 1. The predicted octanol–water partition coefficient (Wildman–Crippen LogP) is 2.47. The normalized spacial score (nSPS) is 12.1. The van der Waals surface area contributed by atoms with E-state index in [-0.39, 0.29) is 0 Å². The molecule has 0 saturated heterocycles. The molecular formula is C7H12NS+. The Morgan fingerprint density at radius 1 is 1.56 bits per heavy atom. The van der Waals surface area contributed by atoms with Crippen molar-refractivity contribution in [2.24, 2.45) is 0 Å². The Morgan fingerprint density at radius 2 is 2.22 bits per heavy atom. The van der Waals surface area contributed by atoms with Gasteiger partial charge in [-0.05, 0) is 13.8 Å². The van der Waals surface area contributed by atoms with Crippen LogP contribution in [0.5, 0.6) is 0 Å². The lowest BCUT2D eigenvalue weighted by atomic mass is 10.6. The second-order valence-electron chi connectivity index (χ2n) is 2.11. The van der Waals surface area contributed by atoms with Crippen molar-refractivity contribution in [2.45, 2.75) is 26.5 Å². The van der Waals surface area contributed by atoms with Crippen molar-refractivity contribution in [3.63, 3.8) is 0 Å². The first-order valence-corrected chi connectivity index (χ1v) is 4.63. The summed E-state index contributed by atoms with van der Waals surface area (Å²) in [4.78, 5) is 4.33. The first-order valence-electron chi connectivity index (χ1n) is 3.17. The summed E-state index contributed by atoms with van der Waals surface area (Å²) in [6.45, 7) is 6.38. The van der Waals surface area contributed by atoms with E-state index in [4.69, 9.17) is 0 Å². The summed E-state index contributed by atoms with van der Waals surface area (Å²) in [7, 11) is 0.379. The first-order chi connectivity index (χ1) is 4.24. The van der Waals surface area contributed by atoms with Crippen molar-refractivity contribution in [3.05, 3.63) is 16.1 Å². The van der Waals surface area contributed by atoms with Crippen LogP contribution < -0.4 is 0 Å². The third kappa shape index (κ3) is 1.30. The first kappa shape index (κ1) is 6.75. The van der Waals surface area contributed by atoms with Crippen LogP contribution in [-0.4, -0.2) is 4.98 Å². The van der Waals surface area contributed by atoms with Crippen LogP contribution in [0, 0.1) is 13.8 Å². The summed E-state index contributed by atoms with van der Waals surface area (Å²) in [6, 6.07) is 0. The largest absolute Gasteiger partial charge is 0.239 e. The van der Waals surface area contributed by atoms with E-state index in [0.717, 1.165) is 0 Å². The molecule has 1 atom stereocenters. The monoisotopic (exact) mass is 142 g/mol. The van der Waals surface area contributed by atoms with Gasteiger partial charge in [0.05, 0.1) is 5.69 Å². The Bertz CT molecular complexity index is 203. The third-order valence-corrected chi connectivity index (χ3v) is 3.43. The van der Waals surface area contributed by atoms with Crippen molar-refractivity contribution in [2.75, 3.05) is 0 Å². The van der Waals surface area contributed by atoms with Gasteiger partial charge in [0.2, 0.25) is 5.01 Å². The molecule has 0 aromatic carbocycles. The molecule has 1 unspecified atom stereocenters. The van der Waals surface area contributed by atoms with Gasteiger partial charge in [-0.1, -0.05) is 0 Å². The Labute approximate surface area is 58.7 Å². The van der Waals surface area contributed by atoms with Gasteiger partial charge in [0.1, 0.15) is 5.75 Å². The van der Waals surface area contributed by atoms with E-state index < -0.39 is 0 Å². The second kappa shape index (κ2) is 2.48. The molecule has 2 heteroatoms. The van der Waals surface area contributed by atoms with Crippen LogP contribution in [0.3, 0.4) is 0 Å². The Balaban J connectivity index is 3.01. The predicted molar refractivity (Wildman–Crippen MR) is 41.9 cm³/mol. The average molecular weight is 142 g/mol. The molecule has 0 bridgehead atoms. The summed E-state index contributed by atoms with van der Waals surface area (Å²) >= 11 is 0. The molecule has 0 spiro atoms. The highest BCUT2D eigenvalue weighted by Gasteiger charge is 2.08. The van der Waals surface area contributed by atoms with Crippen LogP contribution >= 0.6 is 10.5 Å². The molecule has 1 heterocycles. The number of aromatic nitrogens is 1. The van der Waals surface area contributed by atoms with Crippen molar-refractivity contribution in [1.82, 2.24) is 4.98 Å². The number of rotatable bonds is 1. The standard InChI is InChI=1S/C7H12NS/c1-4-9-5-6(2)8-7(9)3/h5H,4H2,1-3H3/q+1. The highest BCUT2D eigenvalue weighted by Crippen LogP contribution is 2.23. The van der Waals surface area contributed by atoms with Crippen molar-refractivity contribution >= 4 is 10.5 Å². The minimum atomic E-state index is 0.379.